The summed E-state index contributed by atoms with van der Waals surface area (Å²) in [6, 6.07) is 0. The zero-order valence-electron chi connectivity index (χ0n) is 17.7. The predicted octanol–water partition coefficient (Wildman–Crippen LogP) is 6.87. The molecule has 166 valence electrons. The molecular formula is C20H40N2O2S4. The Labute approximate surface area is 187 Å². The topological polar surface area (TPSA) is 86.2 Å². The van der Waals surface area contributed by atoms with Crippen LogP contribution in [0.4, 0.5) is 0 Å². The molecule has 0 saturated heterocycles. The molecule has 0 heterocycles. The van der Waals surface area contributed by atoms with Crippen molar-refractivity contribution in [1.82, 2.24) is 0 Å². The minimum atomic E-state index is -0.241. The lowest BCUT2D eigenvalue weighted by molar-refractivity contribution is -0.118. The monoisotopic (exact) mass is 468 g/mol. The number of hydrogen-bond acceptors (Lipinski definition) is 6. The van der Waals surface area contributed by atoms with E-state index in [1.807, 2.05) is 0 Å². The highest BCUT2D eigenvalue weighted by Gasteiger charge is 2.19. The summed E-state index contributed by atoms with van der Waals surface area (Å²) in [6.45, 7) is 4.42. The van der Waals surface area contributed by atoms with Gasteiger partial charge in [-0.2, -0.15) is 0 Å². The van der Waals surface area contributed by atoms with E-state index in [4.69, 9.17) is 11.5 Å². The lowest BCUT2D eigenvalue weighted by atomic mass is 10.1. The average Bonchev–Trinajstić information content (AvgIpc) is 2.66. The normalized spacial score (nSPS) is 13.4. The number of carbonyl (C=O) groups is 2. The van der Waals surface area contributed by atoms with Crippen molar-refractivity contribution in [2.24, 2.45) is 11.5 Å². The summed E-state index contributed by atoms with van der Waals surface area (Å²) in [4.78, 5) is 23.3. The third-order valence-electron chi connectivity index (χ3n) is 4.61. The summed E-state index contributed by atoms with van der Waals surface area (Å²) < 4.78 is 0. The Morgan fingerprint density at radius 2 is 0.929 bits per heavy atom. The Hall–Kier alpha value is 0.340. The molecule has 0 bridgehead atoms. The fraction of sp³-hybridized carbons (Fsp3) is 0.900. The molecule has 28 heavy (non-hydrogen) atoms. The molecule has 4 nitrogen and oxygen atoms in total. The molecule has 0 aliphatic heterocycles. The van der Waals surface area contributed by atoms with Crippen LogP contribution in [0.1, 0.15) is 104 Å². The van der Waals surface area contributed by atoms with Gasteiger partial charge in [0, 0.05) is 0 Å². The number of primary amides is 2. The first-order chi connectivity index (χ1) is 13.5. The van der Waals surface area contributed by atoms with Gasteiger partial charge in [0.2, 0.25) is 11.8 Å². The highest BCUT2D eigenvalue weighted by molar-refractivity contribution is 9.26. The van der Waals surface area contributed by atoms with Crippen LogP contribution in [-0.2, 0) is 9.59 Å². The highest BCUT2D eigenvalue weighted by Crippen LogP contribution is 2.48. The van der Waals surface area contributed by atoms with Crippen LogP contribution >= 0.6 is 41.2 Å². The fourth-order valence-electron chi connectivity index (χ4n) is 2.82. The molecule has 0 aromatic heterocycles. The van der Waals surface area contributed by atoms with Gasteiger partial charge >= 0.3 is 0 Å². The number of rotatable bonds is 21. The molecule has 2 atom stereocenters. The molecule has 0 fully saturated rings. The van der Waals surface area contributed by atoms with Crippen molar-refractivity contribution in [1.29, 1.82) is 0 Å². The van der Waals surface area contributed by atoms with Gasteiger partial charge in [0.25, 0.3) is 0 Å². The Morgan fingerprint density at radius 3 is 1.25 bits per heavy atom. The van der Waals surface area contributed by atoms with Crippen molar-refractivity contribution < 1.29 is 9.59 Å². The Bertz CT molecular complexity index is 364. The molecule has 2 amide bonds. The third-order valence-corrected chi connectivity index (χ3v) is 11.7. The van der Waals surface area contributed by atoms with E-state index in [2.05, 4.69) is 13.8 Å². The van der Waals surface area contributed by atoms with Gasteiger partial charge in [0.1, 0.15) is 0 Å². The second-order valence-corrected chi connectivity index (χ2v) is 13.4. The van der Waals surface area contributed by atoms with Crippen LogP contribution < -0.4 is 11.5 Å². The summed E-state index contributed by atoms with van der Waals surface area (Å²) >= 11 is 0. The van der Waals surface area contributed by atoms with E-state index >= 15 is 0 Å². The van der Waals surface area contributed by atoms with Crippen molar-refractivity contribution in [2.45, 2.75) is 114 Å². The van der Waals surface area contributed by atoms with Crippen LogP contribution in [0.5, 0.6) is 0 Å². The molecule has 0 aliphatic rings. The first-order valence-corrected chi connectivity index (χ1v) is 15.7. The van der Waals surface area contributed by atoms with E-state index in [0.29, 0.717) is 0 Å². The zero-order valence-corrected chi connectivity index (χ0v) is 20.9. The first kappa shape index (κ1) is 28.3. The maximum Gasteiger partial charge on any atom is 0.231 e. The Morgan fingerprint density at radius 1 is 0.607 bits per heavy atom. The van der Waals surface area contributed by atoms with E-state index in [-0.39, 0.29) is 22.3 Å². The molecule has 4 N–H and O–H groups in total. The van der Waals surface area contributed by atoms with E-state index in [9.17, 15) is 9.59 Å². The van der Waals surface area contributed by atoms with Crippen molar-refractivity contribution in [3.63, 3.8) is 0 Å². The summed E-state index contributed by atoms with van der Waals surface area (Å²) in [5.41, 5.74) is 11.1. The van der Waals surface area contributed by atoms with Crippen LogP contribution in [-0.4, -0.2) is 22.3 Å². The molecule has 0 aromatic rings. The second-order valence-electron chi connectivity index (χ2n) is 7.22. The van der Waals surface area contributed by atoms with Gasteiger partial charge in [-0.1, -0.05) is 112 Å². The summed E-state index contributed by atoms with van der Waals surface area (Å²) in [5.74, 6) is -0.481. The number of nitrogens with two attached hydrogens (primary N) is 2. The van der Waals surface area contributed by atoms with Gasteiger partial charge in [0.05, 0.1) is 10.5 Å². The maximum atomic E-state index is 11.6. The number of carbonyl (C=O) groups excluding carboxylic acids is 2. The first-order valence-electron chi connectivity index (χ1n) is 10.8. The molecule has 2 unspecified atom stereocenters. The van der Waals surface area contributed by atoms with Crippen molar-refractivity contribution >= 4 is 53.1 Å². The highest BCUT2D eigenvalue weighted by atomic mass is 33.7. The van der Waals surface area contributed by atoms with Crippen LogP contribution in [0.25, 0.3) is 0 Å². The molecular weight excluding hydrogens is 429 g/mol. The van der Waals surface area contributed by atoms with Gasteiger partial charge in [-0.05, 0) is 32.5 Å². The smallest absolute Gasteiger partial charge is 0.231 e. The standard InChI is InChI=1S/C20H40N2O2S4/c1-3-5-7-9-11-13-15-17(19(21)23)25-27-28-26-18(20(22)24)16-14-12-10-8-6-4-2/h17-18H,3-16H2,1-2H3,(H2,21,23)(H2,22,24). The predicted molar refractivity (Wildman–Crippen MR) is 132 cm³/mol. The van der Waals surface area contributed by atoms with Gasteiger partial charge in [0.15, 0.2) is 0 Å². The lowest BCUT2D eigenvalue weighted by Crippen LogP contribution is -2.25. The molecule has 0 rings (SSSR count). The molecule has 0 aromatic carbocycles. The van der Waals surface area contributed by atoms with E-state index in [0.717, 1.165) is 25.7 Å². The minimum absolute atomic E-state index is 0.158. The second kappa shape index (κ2) is 20.6. The Kier molecular flexibility index (Phi) is 20.9. The van der Waals surface area contributed by atoms with Crippen molar-refractivity contribution in [3.05, 3.63) is 0 Å². The van der Waals surface area contributed by atoms with Gasteiger partial charge < -0.3 is 11.5 Å². The fourth-order valence-corrected chi connectivity index (χ4v) is 9.72. The summed E-state index contributed by atoms with van der Waals surface area (Å²) in [6.07, 6.45) is 16.2. The van der Waals surface area contributed by atoms with Gasteiger partial charge in [-0.15, -0.1) is 0 Å². The quantitative estimate of drug-likeness (QED) is 0.141. The van der Waals surface area contributed by atoms with Crippen molar-refractivity contribution in [3.8, 4) is 0 Å². The molecule has 0 spiro atoms. The molecule has 0 radical (unpaired) electrons. The van der Waals surface area contributed by atoms with Gasteiger partial charge in [-0.3, -0.25) is 9.59 Å². The maximum absolute atomic E-state index is 11.6. The SMILES string of the molecule is CCCCCCCCC(SSSSC(CCCCCCCC)C(N)=O)C(N)=O. The number of amides is 2. The lowest BCUT2D eigenvalue weighted by Gasteiger charge is -2.14. The third kappa shape index (κ3) is 17.2. The number of hydrogen-bond donors (Lipinski definition) is 2. The average molecular weight is 469 g/mol. The van der Waals surface area contributed by atoms with E-state index < -0.39 is 0 Å². The largest absolute Gasteiger partial charge is 0.369 e. The minimum Gasteiger partial charge on any atom is -0.369 e. The molecule has 0 aliphatic carbocycles. The summed E-state index contributed by atoms with van der Waals surface area (Å²) in [7, 11) is 6.13. The van der Waals surface area contributed by atoms with Crippen LogP contribution in [0.3, 0.4) is 0 Å². The molecule has 0 saturated carbocycles. The molecule has 8 heteroatoms. The van der Waals surface area contributed by atoms with E-state index in [1.54, 1.807) is 19.7 Å². The number of unbranched alkanes of at least 4 members (excludes halogenated alkanes) is 10. The Balaban J connectivity index is 3.92. The van der Waals surface area contributed by atoms with Crippen molar-refractivity contribution in [2.75, 3.05) is 0 Å². The summed E-state index contributed by atoms with van der Waals surface area (Å²) in [5, 5.41) is -0.315. The van der Waals surface area contributed by atoms with Crippen LogP contribution in [0, 0.1) is 0 Å². The van der Waals surface area contributed by atoms with E-state index in [1.165, 1.54) is 85.8 Å². The van der Waals surface area contributed by atoms with Crippen LogP contribution in [0.15, 0.2) is 0 Å². The van der Waals surface area contributed by atoms with Crippen LogP contribution in [0.2, 0.25) is 0 Å². The van der Waals surface area contributed by atoms with Gasteiger partial charge in [-0.25, -0.2) is 0 Å². The zero-order chi connectivity index (χ0) is 21.0.